The van der Waals surface area contributed by atoms with Crippen molar-refractivity contribution >= 4 is 17.8 Å². The van der Waals surface area contributed by atoms with Crippen LogP contribution in [-0.2, 0) is 11.2 Å². The van der Waals surface area contributed by atoms with Crippen molar-refractivity contribution in [3.05, 3.63) is 16.8 Å². The lowest BCUT2D eigenvalue weighted by Gasteiger charge is -2.36. The molecule has 0 spiro atoms. The summed E-state index contributed by atoms with van der Waals surface area (Å²) in [5.74, 6) is 2.38. The Morgan fingerprint density at radius 3 is 2.40 bits per heavy atom. The predicted octanol–water partition coefficient (Wildman–Crippen LogP) is 4.30. The Bertz CT molecular complexity index is 838. The second-order valence-corrected chi connectivity index (χ2v) is 11.3. The van der Waals surface area contributed by atoms with Crippen LogP contribution in [0, 0.1) is 5.92 Å². The third-order valence-corrected chi connectivity index (χ3v) is 8.03. The molecule has 2 aliphatic heterocycles. The summed E-state index contributed by atoms with van der Waals surface area (Å²) in [5, 5.41) is 3.91. The smallest absolute Gasteiger partial charge is 0.227 e. The minimum absolute atomic E-state index is 0.392. The summed E-state index contributed by atoms with van der Waals surface area (Å²) in [6.45, 7) is 10.8. The van der Waals surface area contributed by atoms with Crippen LogP contribution in [-0.4, -0.2) is 92.4 Å². The lowest BCUT2D eigenvalue weighted by molar-refractivity contribution is 0.163. The normalized spacial score (nSPS) is 22.3. The average Bonchev–Trinajstić information content (AvgIpc) is 3.13. The van der Waals surface area contributed by atoms with Gasteiger partial charge in [0.2, 0.25) is 5.95 Å². The molecule has 35 heavy (non-hydrogen) atoms. The Morgan fingerprint density at radius 2 is 1.77 bits per heavy atom. The van der Waals surface area contributed by atoms with Gasteiger partial charge in [-0.15, -0.1) is 0 Å². The van der Waals surface area contributed by atoms with Crippen molar-refractivity contribution in [1.82, 2.24) is 19.8 Å². The standard InChI is InChI=1S/C28H48N6O/c1-21(2)33-16-11-24(12-17-33)29-27-25-18-23(20-35-5)22(10-15-32(3)4)19-26(25)30-28(31-27)34-13-8-6-7-9-14-34/h19,21,23-24H,6-18,20H2,1-5H3,(H,29,30,31)/t23-/m0/s1. The average molecular weight is 485 g/mol. The second kappa shape index (κ2) is 12.5. The molecule has 0 radical (unpaired) electrons. The highest BCUT2D eigenvalue weighted by Gasteiger charge is 2.29. The first-order valence-corrected chi connectivity index (χ1v) is 13.9. The molecule has 0 bridgehead atoms. The van der Waals surface area contributed by atoms with Crippen LogP contribution in [0.3, 0.4) is 0 Å². The zero-order chi connectivity index (χ0) is 24.8. The second-order valence-electron chi connectivity index (χ2n) is 11.3. The third-order valence-electron chi connectivity index (χ3n) is 8.03. The van der Waals surface area contributed by atoms with Gasteiger partial charge in [-0.25, -0.2) is 4.98 Å². The first kappa shape index (κ1) is 26.4. The number of fused-ring (bicyclic) bond motifs is 1. The number of likely N-dealkylation sites (tertiary alicyclic amines) is 1. The minimum Gasteiger partial charge on any atom is -0.384 e. The molecule has 0 saturated carbocycles. The van der Waals surface area contributed by atoms with Crippen molar-refractivity contribution in [1.29, 1.82) is 0 Å². The molecule has 1 aliphatic carbocycles. The number of nitrogens with one attached hydrogen (secondary N) is 1. The molecule has 196 valence electrons. The fraction of sp³-hybridized carbons (Fsp3) is 0.786. The molecule has 3 heterocycles. The number of hydrogen-bond acceptors (Lipinski definition) is 7. The Hall–Kier alpha value is -1.70. The lowest BCUT2D eigenvalue weighted by atomic mass is 9.84. The molecule has 0 aromatic carbocycles. The van der Waals surface area contributed by atoms with E-state index in [0.717, 1.165) is 69.6 Å². The Kier molecular flexibility index (Phi) is 9.42. The molecule has 1 aromatic rings. The van der Waals surface area contributed by atoms with Crippen LogP contribution in [0.1, 0.15) is 70.1 Å². The number of anilines is 2. The molecule has 7 heteroatoms. The van der Waals surface area contributed by atoms with Gasteiger partial charge in [-0.2, -0.15) is 4.98 Å². The van der Waals surface area contributed by atoms with Gasteiger partial charge in [0.05, 0.1) is 12.3 Å². The zero-order valence-electron chi connectivity index (χ0n) is 22.9. The van der Waals surface area contributed by atoms with Crippen LogP contribution in [0.5, 0.6) is 0 Å². The summed E-state index contributed by atoms with van der Waals surface area (Å²) in [6, 6.07) is 1.10. The van der Waals surface area contributed by atoms with Crippen molar-refractivity contribution in [2.24, 2.45) is 5.92 Å². The summed E-state index contributed by atoms with van der Waals surface area (Å²) >= 11 is 0. The fourth-order valence-corrected chi connectivity index (χ4v) is 5.76. The molecule has 4 rings (SSSR count). The number of aromatic nitrogens is 2. The highest BCUT2D eigenvalue weighted by atomic mass is 16.5. The van der Waals surface area contributed by atoms with E-state index in [2.05, 4.69) is 54.0 Å². The molecule has 2 fully saturated rings. The van der Waals surface area contributed by atoms with E-state index in [0.29, 0.717) is 18.0 Å². The van der Waals surface area contributed by atoms with E-state index in [4.69, 9.17) is 14.7 Å². The van der Waals surface area contributed by atoms with Gasteiger partial charge in [-0.3, -0.25) is 0 Å². The summed E-state index contributed by atoms with van der Waals surface area (Å²) < 4.78 is 5.66. The van der Waals surface area contributed by atoms with Crippen LogP contribution in [0.25, 0.3) is 6.08 Å². The summed E-state index contributed by atoms with van der Waals surface area (Å²) in [5.41, 5.74) is 3.87. The van der Waals surface area contributed by atoms with Crippen LogP contribution >= 0.6 is 0 Å². The maximum atomic E-state index is 5.66. The van der Waals surface area contributed by atoms with E-state index in [1.807, 2.05) is 7.11 Å². The summed E-state index contributed by atoms with van der Waals surface area (Å²) in [4.78, 5) is 17.7. The molecule has 1 N–H and O–H groups in total. The molecule has 2 saturated heterocycles. The van der Waals surface area contributed by atoms with E-state index in [-0.39, 0.29) is 0 Å². The molecule has 1 aromatic heterocycles. The molecule has 7 nitrogen and oxygen atoms in total. The molecule has 3 aliphatic rings. The highest BCUT2D eigenvalue weighted by Crippen LogP contribution is 2.35. The predicted molar refractivity (Wildman–Crippen MR) is 146 cm³/mol. The van der Waals surface area contributed by atoms with E-state index in [1.54, 1.807) is 0 Å². The van der Waals surface area contributed by atoms with Crippen LogP contribution in [0.4, 0.5) is 11.8 Å². The number of methoxy groups -OCH3 is 1. The van der Waals surface area contributed by atoms with Gasteiger partial charge in [0.25, 0.3) is 0 Å². The van der Waals surface area contributed by atoms with Crippen molar-refractivity contribution in [2.45, 2.75) is 77.3 Å². The quantitative estimate of drug-likeness (QED) is 0.561. The van der Waals surface area contributed by atoms with Crippen molar-refractivity contribution in [2.75, 3.05) is 70.8 Å². The molecular weight excluding hydrogens is 436 g/mol. The first-order valence-electron chi connectivity index (χ1n) is 13.9. The van der Waals surface area contributed by atoms with Gasteiger partial charge < -0.3 is 24.8 Å². The topological polar surface area (TPSA) is 56.8 Å². The van der Waals surface area contributed by atoms with Crippen LogP contribution < -0.4 is 10.2 Å². The first-order chi connectivity index (χ1) is 16.9. The van der Waals surface area contributed by atoms with Crippen LogP contribution in [0.2, 0.25) is 0 Å². The van der Waals surface area contributed by atoms with Gasteiger partial charge in [0.1, 0.15) is 5.82 Å². The number of piperidine rings is 1. The summed E-state index contributed by atoms with van der Waals surface area (Å²) in [7, 11) is 6.11. The maximum absolute atomic E-state index is 5.66. The molecule has 1 atom stereocenters. The molecule has 0 unspecified atom stereocenters. The number of ether oxygens (including phenoxy) is 1. The largest absolute Gasteiger partial charge is 0.384 e. The van der Waals surface area contributed by atoms with Gasteiger partial charge in [0, 0.05) is 63.4 Å². The fourth-order valence-electron chi connectivity index (χ4n) is 5.76. The molecular formula is C28H48N6O. The number of rotatable bonds is 9. The Labute approximate surface area is 213 Å². The van der Waals surface area contributed by atoms with Crippen molar-refractivity contribution < 1.29 is 4.74 Å². The monoisotopic (exact) mass is 484 g/mol. The summed E-state index contributed by atoms with van der Waals surface area (Å²) in [6.07, 6.45) is 11.8. The Morgan fingerprint density at radius 1 is 1.06 bits per heavy atom. The van der Waals surface area contributed by atoms with Gasteiger partial charge >= 0.3 is 0 Å². The zero-order valence-corrected chi connectivity index (χ0v) is 22.9. The van der Waals surface area contributed by atoms with E-state index >= 15 is 0 Å². The molecule has 0 amide bonds. The Balaban J connectivity index is 1.64. The SMILES string of the molecule is COC[C@@H]1Cc2c(nc(N3CCCCCC3)nc2NC2CCN(C(C)C)CC2)C=C1CCN(C)C. The third kappa shape index (κ3) is 6.95. The lowest BCUT2D eigenvalue weighted by Crippen LogP contribution is -2.42. The number of hydrogen-bond donors (Lipinski definition) is 1. The van der Waals surface area contributed by atoms with Gasteiger partial charge in [0.15, 0.2) is 0 Å². The maximum Gasteiger partial charge on any atom is 0.227 e. The van der Waals surface area contributed by atoms with Gasteiger partial charge in [-0.05, 0) is 72.5 Å². The van der Waals surface area contributed by atoms with Crippen molar-refractivity contribution in [3.63, 3.8) is 0 Å². The van der Waals surface area contributed by atoms with Gasteiger partial charge in [-0.1, -0.05) is 18.4 Å². The van der Waals surface area contributed by atoms with Crippen molar-refractivity contribution in [3.8, 4) is 0 Å². The highest BCUT2D eigenvalue weighted by molar-refractivity contribution is 5.66. The number of nitrogens with zero attached hydrogens (tertiary/aromatic N) is 5. The minimum atomic E-state index is 0.392. The van der Waals surface area contributed by atoms with E-state index < -0.39 is 0 Å². The van der Waals surface area contributed by atoms with Crippen LogP contribution in [0.15, 0.2) is 5.57 Å². The van der Waals surface area contributed by atoms with E-state index in [1.165, 1.54) is 49.7 Å². The van der Waals surface area contributed by atoms with E-state index in [9.17, 15) is 0 Å².